The van der Waals surface area contributed by atoms with Gasteiger partial charge in [0.25, 0.3) is 0 Å². The molecule has 0 fully saturated rings. The maximum Gasteiger partial charge on any atom is 0.132 e. The lowest BCUT2D eigenvalue weighted by Gasteiger charge is -2.10. The summed E-state index contributed by atoms with van der Waals surface area (Å²) in [7, 11) is 3.27. The first kappa shape index (κ1) is 14.5. The molecule has 0 aliphatic carbocycles. The molecule has 1 aromatic heterocycles. The fraction of sp³-hybridized carbons (Fsp3) is 0.267. The van der Waals surface area contributed by atoms with Gasteiger partial charge in [0, 0.05) is 12.6 Å². The first-order chi connectivity index (χ1) is 9.62. The number of nitrogens with zero attached hydrogens (tertiary/aromatic N) is 1. The third-order valence-electron chi connectivity index (χ3n) is 2.92. The van der Waals surface area contributed by atoms with Crippen LogP contribution >= 0.6 is 11.6 Å². The molecule has 1 aromatic carbocycles. The second kappa shape index (κ2) is 6.48. The normalized spacial score (nSPS) is 10.2. The Balaban J connectivity index is 2.11. The molecule has 0 radical (unpaired) electrons. The van der Waals surface area contributed by atoms with Crippen molar-refractivity contribution in [1.82, 2.24) is 4.98 Å². The van der Waals surface area contributed by atoms with E-state index in [1.807, 2.05) is 31.2 Å². The lowest BCUT2D eigenvalue weighted by atomic mass is 10.2. The largest absolute Gasteiger partial charge is 0.497 e. The number of hydrogen-bond donors (Lipinski definition) is 1. The molecule has 0 spiro atoms. The number of nitrogens with one attached hydrogen (secondary N) is 1. The summed E-state index contributed by atoms with van der Waals surface area (Å²) in [5, 5.41) is 3.83. The van der Waals surface area contributed by atoms with Crippen molar-refractivity contribution in [3.63, 3.8) is 0 Å². The lowest BCUT2D eigenvalue weighted by molar-refractivity contribution is 0.393. The van der Waals surface area contributed by atoms with Crippen LogP contribution in [0.4, 0.5) is 5.69 Å². The number of pyridine rings is 1. The van der Waals surface area contributed by atoms with E-state index in [0.717, 1.165) is 28.3 Å². The number of methoxy groups -OCH3 is 2. The average molecular weight is 293 g/mol. The third-order valence-corrected chi connectivity index (χ3v) is 3.32. The second-order valence-electron chi connectivity index (χ2n) is 4.41. The molecule has 0 aliphatic rings. The Labute approximate surface area is 123 Å². The molecule has 2 rings (SSSR count). The predicted molar refractivity (Wildman–Crippen MR) is 80.9 cm³/mol. The van der Waals surface area contributed by atoms with Gasteiger partial charge in [0.05, 0.1) is 26.1 Å². The lowest BCUT2D eigenvalue weighted by Crippen LogP contribution is -2.01. The summed E-state index contributed by atoms with van der Waals surface area (Å²) in [5.41, 5.74) is 2.93. The summed E-state index contributed by atoms with van der Waals surface area (Å²) < 4.78 is 10.5. The van der Waals surface area contributed by atoms with Crippen LogP contribution in [0.3, 0.4) is 0 Å². The van der Waals surface area contributed by atoms with Gasteiger partial charge < -0.3 is 14.8 Å². The zero-order valence-electron chi connectivity index (χ0n) is 11.7. The Kier molecular flexibility index (Phi) is 4.69. The van der Waals surface area contributed by atoms with Gasteiger partial charge in [-0.15, -0.1) is 0 Å². The highest BCUT2D eigenvalue weighted by atomic mass is 35.5. The van der Waals surface area contributed by atoms with Gasteiger partial charge in [-0.25, -0.2) is 4.98 Å². The first-order valence-electron chi connectivity index (χ1n) is 6.20. The van der Waals surface area contributed by atoms with Crippen molar-refractivity contribution in [2.75, 3.05) is 19.5 Å². The molecule has 0 bridgehead atoms. The van der Waals surface area contributed by atoms with E-state index >= 15 is 0 Å². The van der Waals surface area contributed by atoms with Crippen LogP contribution in [-0.4, -0.2) is 19.2 Å². The van der Waals surface area contributed by atoms with E-state index in [1.165, 1.54) is 0 Å². The van der Waals surface area contributed by atoms with E-state index in [4.69, 9.17) is 21.1 Å². The van der Waals surface area contributed by atoms with Crippen LogP contribution in [0.5, 0.6) is 11.5 Å². The number of anilines is 1. The zero-order valence-corrected chi connectivity index (χ0v) is 12.5. The quantitative estimate of drug-likeness (QED) is 0.854. The Morgan fingerprint density at radius 2 is 1.75 bits per heavy atom. The van der Waals surface area contributed by atoms with E-state index in [0.29, 0.717) is 11.7 Å². The summed E-state index contributed by atoms with van der Waals surface area (Å²) in [4.78, 5) is 4.11. The van der Waals surface area contributed by atoms with Gasteiger partial charge in [0.15, 0.2) is 0 Å². The first-order valence-corrected chi connectivity index (χ1v) is 6.58. The highest BCUT2D eigenvalue weighted by molar-refractivity contribution is 6.30. The van der Waals surface area contributed by atoms with Gasteiger partial charge in [0.1, 0.15) is 16.7 Å². The zero-order chi connectivity index (χ0) is 14.5. The molecule has 1 heterocycles. The van der Waals surface area contributed by atoms with Crippen LogP contribution in [0.1, 0.15) is 11.1 Å². The molecule has 0 atom stereocenters. The summed E-state index contributed by atoms with van der Waals surface area (Å²) >= 11 is 5.91. The fourth-order valence-corrected chi connectivity index (χ4v) is 1.93. The predicted octanol–water partition coefficient (Wildman–Crippen LogP) is 3.67. The van der Waals surface area contributed by atoms with Crippen molar-refractivity contribution < 1.29 is 9.47 Å². The molecule has 2 aromatic rings. The number of aromatic nitrogens is 1. The molecule has 0 unspecified atom stereocenters. The monoisotopic (exact) mass is 292 g/mol. The fourth-order valence-electron chi connectivity index (χ4n) is 1.83. The van der Waals surface area contributed by atoms with Crippen LogP contribution < -0.4 is 14.8 Å². The van der Waals surface area contributed by atoms with Crippen molar-refractivity contribution in [3.05, 3.63) is 46.7 Å². The smallest absolute Gasteiger partial charge is 0.132 e. The summed E-state index contributed by atoms with van der Waals surface area (Å²) in [5.74, 6) is 1.54. The maximum absolute atomic E-state index is 5.91. The number of ether oxygens (including phenoxy) is 2. The molecular weight excluding hydrogens is 276 g/mol. The van der Waals surface area contributed by atoms with Crippen molar-refractivity contribution >= 4 is 17.3 Å². The Bertz CT molecular complexity index is 580. The van der Waals surface area contributed by atoms with E-state index in [1.54, 1.807) is 20.4 Å². The van der Waals surface area contributed by atoms with Gasteiger partial charge in [-0.3, -0.25) is 0 Å². The maximum atomic E-state index is 5.91. The van der Waals surface area contributed by atoms with E-state index in [-0.39, 0.29) is 0 Å². The molecule has 0 aliphatic heterocycles. The van der Waals surface area contributed by atoms with Crippen molar-refractivity contribution in [2.45, 2.75) is 13.5 Å². The average Bonchev–Trinajstić information content (AvgIpc) is 2.48. The minimum Gasteiger partial charge on any atom is -0.497 e. The van der Waals surface area contributed by atoms with Crippen LogP contribution in [0.2, 0.25) is 5.15 Å². The van der Waals surface area contributed by atoms with Crippen LogP contribution in [0.25, 0.3) is 0 Å². The number of hydrogen-bond acceptors (Lipinski definition) is 4. The van der Waals surface area contributed by atoms with Crippen LogP contribution in [-0.2, 0) is 6.54 Å². The van der Waals surface area contributed by atoms with Crippen molar-refractivity contribution in [1.29, 1.82) is 0 Å². The van der Waals surface area contributed by atoms with Gasteiger partial charge in [-0.05, 0) is 36.2 Å². The molecule has 20 heavy (non-hydrogen) atoms. The Hall–Kier alpha value is -1.94. The van der Waals surface area contributed by atoms with Gasteiger partial charge in [-0.1, -0.05) is 11.6 Å². The van der Waals surface area contributed by atoms with Crippen LogP contribution in [0.15, 0.2) is 30.5 Å². The molecule has 0 saturated carbocycles. The van der Waals surface area contributed by atoms with Gasteiger partial charge in [0.2, 0.25) is 0 Å². The topological polar surface area (TPSA) is 43.4 Å². The number of halogens is 1. The highest BCUT2D eigenvalue weighted by Gasteiger charge is 2.03. The Morgan fingerprint density at radius 1 is 1.10 bits per heavy atom. The molecule has 106 valence electrons. The van der Waals surface area contributed by atoms with Gasteiger partial charge in [-0.2, -0.15) is 0 Å². The van der Waals surface area contributed by atoms with Crippen molar-refractivity contribution in [3.8, 4) is 11.5 Å². The van der Waals surface area contributed by atoms with Gasteiger partial charge >= 0.3 is 0 Å². The molecule has 1 N–H and O–H groups in total. The highest BCUT2D eigenvalue weighted by Crippen LogP contribution is 2.23. The minimum absolute atomic E-state index is 0.526. The SMILES string of the molecule is COc1cc(CNc2cnc(Cl)c(C)c2)cc(OC)c1. The van der Waals surface area contributed by atoms with Crippen molar-refractivity contribution in [2.24, 2.45) is 0 Å². The second-order valence-corrected chi connectivity index (χ2v) is 4.76. The standard InChI is InChI=1S/C15H17ClN2O2/c1-10-4-12(9-18-15(10)16)17-8-11-5-13(19-2)7-14(6-11)20-3/h4-7,9,17H,8H2,1-3H3. The minimum atomic E-state index is 0.526. The number of rotatable bonds is 5. The van der Waals surface area contributed by atoms with E-state index in [9.17, 15) is 0 Å². The van der Waals surface area contributed by atoms with E-state index < -0.39 is 0 Å². The molecule has 0 saturated heterocycles. The molecule has 4 nitrogen and oxygen atoms in total. The van der Waals surface area contributed by atoms with E-state index in [2.05, 4.69) is 10.3 Å². The summed E-state index contributed by atoms with van der Waals surface area (Å²) in [6.45, 7) is 2.57. The number of aryl methyl sites for hydroxylation is 1. The summed E-state index contributed by atoms with van der Waals surface area (Å²) in [6, 6.07) is 7.74. The number of benzene rings is 1. The molecule has 5 heteroatoms. The Morgan fingerprint density at radius 3 is 2.30 bits per heavy atom. The van der Waals surface area contributed by atoms with Crippen LogP contribution in [0, 0.1) is 6.92 Å². The summed E-state index contributed by atoms with van der Waals surface area (Å²) in [6.07, 6.45) is 1.72. The molecule has 0 amide bonds. The molecular formula is C15H17ClN2O2. The third kappa shape index (κ3) is 3.54.